The lowest BCUT2D eigenvalue weighted by Crippen LogP contribution is -2.54. The van der Waals surface area contributed by atoms with E-state index in [0.29, 0.717) is 13.1 Å². The summed E-state index contributed by atoms with van der Waals surface area (Å²) in [5, 5.41) is 3.51. The Morgan fingerprint density at radius 3 is 2.38 bits per heavy atom. The summed E-state index contributed by atoms with van der Waals surface area (Å²) in [6.07, 6.45) is 0.678. The monoisotopic (exact) mass is 352 g/mol. The van der Waals surface area contributed by atoms with E-state index in [4.69, 9.17) is 4.74 Å². The lowest BCUT2D eigenvalue weighted by Gasteiger charge is -2.35. The molecule has 1 aliphatic rings. The van der Waals surface area contributed by atoms with Crippen LogP contribution in [0.15, 0.2) is 54.6 Å². The molecule has 0 spiro atoms. The van der Waals surface area contributed by atoms with E-state index in [1.54, 1.807) is 0 Å². The molecule has 0 bridgehead atoms. The highest BCUT2D eigenvalue weighted by Crippen LogP contribution is 2.20. The van der Waals surface area contributed by atoms with Crippen LogP contribution in [-0.4, -0.2) is 42.3 Å². The zero-order chi connectivity index (χ0) is 18.6. The molecule has 26 heavy (non-hydrogen) atoms. The Bertz CT molecular complexity index is 720. The van der Waals surface area contributed by atoms with Crippen LogP contribution in [0.4, 0.5) is 4.79 Å². The number of benzene rings is 2. The zero-order valence-electron chi connectivity index (χ0n) is 15.9. The van der Waals surface area contributed by atoms with Crippen LogP contribution in [0.25, 0.3) is 11.1 Å². The summed E-state index contributed by atoms with van der Waals surface area (Å²) >= 11 is 0. The van der Waals surface area contributed by atoms with Gasteiger partial charge in [-0.3, -0.25) is 0 Å². The number of piperazine rings is 1. The number of rotatable bonds is 3. The summed E-state index contributed by atoms with van der Waals surface area (Å²) in [5.74, 6) is 0. The fourth-order valence-corrected chi connectivity index (χ4v) is 3.20. The van der Waals surface area contributed by atoms with Crippen LogP contribution < -0.4 is 5.32 Å². The molecule has 0 radical (unpaired) electrons. The van der Waals surface area contributed by atoms with Gasteiger partial charge in [0.1, 0.15) is 5.60 Å². The van der Waals surface area contributed by atoms with Gasteiger partial charge in [0.15, 0.2) is 0 Å². The topological polar surface area (TPSA) is 41.6 Å². The van der Waals surface area contributed by atoms with Gasteiger partial charge in [-0.15, -0.1) is 0 Å². The molecule has 2 aromatic carbocycles. The molecule has 1 aliphatic heterocycles. The fourth-order valence-electron chi connectivity index (χ4n) is 3.20. The van der Waals surface area contributed by atoms with E-state index >= 15 is 0 Å². The highest BCUT2D eigenvalue weighted by atomic mass is 16.6. The van der Waals surface area contributed by atoms with Crippen molar-refractivity contribution >= 4 is 6.09 Å². The molecule has 1 N–H and O–H groups in total. The Hall–Kier alpha value is -2.33. The van der Waals surface area contributed by atoms with Crippen molar-refractivity contribution in [1.82, 2.24) is 10.2 Å². The number of carbonyl (C=O) groups excluding carboxylic acids is 1. The summed E-state index contributed by atoms with van der Waals surface area (Å²) < 4.78 is 5.50. The molecule has 1 heterocycles. The van der Waals surface area contributed by atoms with Crippen molar-refractivity contribution < 1.29 is 9.53 Å². The largest absolute Gasteiger partial charge is 0.444 e. The highest BCUT2D eigenvalue weighted by Gasteiger charge is 2.27. The van der Waals surface area contributed by atoms with E-state index in [2.05, 4.69) is 53.8 Å². The maximum atomic E-state index is 12.3. The highest BCUT2D eigenvalue weighted by molar-refractivity contribution is 5.68. The number of hydrogen-bond acceptors (Lipinski definition) is 3. The van der Waals surface area contributed by atoms with Crippen LogP contribution in [0.2, 0.25) is 0 Å². The molecule has 0 aromatic heterocycles. The smallest absolute Gasteiger partial charge is 0.410 e. The van der Waals surface area contributed by atoms with Crippen molar-refractivity contribution in [3.63, 3.8) is 0 Å². The maximum absolute atomic E-state index is 12.3. The Balaban J connectivity index is 1.59. The van der Waals surface area contributed by atoms with Gasteiger partial charge in [0.25, 0.3) is 0 Å². The summed E-state index contributed by atoms with van der Waals surface area (Å²) in [6, 6.07) is 19.3. The van der Waals surface area contributed by atoms with Crippen molar-refractivity contribution in [2.45, 2.75) is 38.8 Å². The van der Waals surface area contributed by atoms with Crippen molar-refractivity contribution in [1.29, 1.82) is 0 Å². The number of ether oxygens (including phenoxy) is 1. The molecular weight excluding hydrogens is 324 g/mol. The van der Waals surface area contributed by atoms with Crippen LogP contribution >= 0.6 is 0 Å². The third-order valence-electron chi connectivity index (χ3n) is 4.45. The predicted molar refractivity (Wildman–Crippen MR) is 105 cm³/mol. The van der Waals surface area contributed by atoms with Gasteiger partial charge in [-0.05, 0) is 43.9 Å². The molecule has 1 fully saturated rings. The second kappa shape index (κ2) is 7.92. The van der Waals surface area contributed by atoms with Gasteiger partial charge >= 0.3 is 6.09 Å². The molecule has 4 heteroatoms. The van der Waals surface area contributed by atoms with Crippen molar-refractivity contribution in [3.05, 3.63) is 60.2 Å². The van der Waals surface area contributed by atoms with E-state index in [1.807, 2.05) is 31.7 Å². The quantitative estimate of drug-likeness (QED) is 0.904. The number of nitrogens with one attached hydrogen (secondary N) is 1. The fraction of sp³-hybridized carbons (Fsp3) is 0.409. The van der Waals surface area contributed by atoms with Gasteiger partial charge in [0.05, 0.1) is 0 Å². The molecule has 0 aliphatic carbocycles. The van der Waals surface area contributed by atoms with Crippen LogP contribution in [0, 0.1) is 0 Å². The van der Waals surface area contributed by atoms with Gasteiger partial charge in [-0.25, -0.2) is 4.79 Å². The standard InChI is InChI=1S/C22H28N2O2/c1-22(2,3)26-21(25)24-14-13-23-20(16-24)15-17-9-11-19(12-10-17)18-7-5-4-6-8-18/h4-12,20,23H,13-16H2,1-3H3/t20-/m1/s1. The third kappa shape index (κ3) is 5.09. The van der Waals surface area contributed by atoms with Crippen LogP contribution in [0.1, 0.15) is 26.3 Å². The maximum Gasteiger partial charge on any atom is 0.410 e. The van der Waals surface area contributed by atoms with Gasteiger partial charge in [-0.1, -0.05) is 54.6 Å². The SMILES string of the molecule is CC(C)(C)OC(=O)N1CCN[C@H](Cc2ccc(-c3ccccc3)cc2)C1. The molecule has 1 amide bonds. The lowest BCUT2D eigenvalue weighted by atomic mass is 10.00. The predicted octanol–water partition coefficient (Wildman–Crippen LogP) is 4.11. The van der Waals surface area contributed by atoms with Crippen molar-refractivity contribution in [2.24, 2.45) is 0 Å². The zero-order valence-corrected chi connectivity index (χ0v) is 15.9. The second-order valence-electron chi connectivity index (χ2n) is 7.84. The van der Waals surface area contributed by atoms with Crippen LogP contribution in [0.5, 0.6) is 0 Å². The van der Waals surface area contributed by atoms with Gasteiger partial charge < -0.3 is 15.0 Å². The molecule has 0 saturated carbocycles. The van der Waals surface area contributed by atoms with Gasteiger partial charge in [0.2, 0.25) is 0 Å². The Morgan fingerprint density at radius 2 is 1.73 bits per heavy atom. The lowest BCUT2D eigenvalue weighted by molar-refractivity contribution is 0.0195. The van der Waals surface area contributed by atoms with Gasteiger partial charge in [-0.2, -0.15) is 0 Å². The minimum Gasteiger partial charge on any atom is -0.444 e. The minimum absolute atomic E-state index is 0.219. The number of hydrogen-bond donors (Lipinski definition) is 1. The molecule has 138 valence electrons. The Morgan fingerprint density at radius 1 is 1.08 bits per heavy atom. The first-order valence-corrected chi connectivity index (χ1v) is 9.26. The van der Waals surface area contributed by atoms with E-state index in [-0.39, 0.29) is 12.1 Å². The summed E-state index contributed by atoms with van der Waals surface area (Å²) in [4.78, 5) is 14.1. The summed E-state index contributed by atoms with van der Waals surface area (Å²) in [5.41, 5.74) is 3.27. The Kier molecular flexibility index (Phi) is 5.62. The number of nitrogens with zero attached hydrogens (tertiary/aromatic N) is 1. The van der Waals surface area contributed by atoms with Crippen LogP contribution in [-0.2, 0) is 11.2 Å². The first-order chi connectivity index (χ1) is 12.4. The summed E-state index contributed by atoms with van der Waals surface area (Å²) in [7, 11) is 0. The van der Waals surface area contributed by atoms with Crippen molar-refractivity contribution in [3.8, 4) is 11.1 Å². The average Bonchev–Trinajstić information content (AvgIpc) is 2.62. The van der Waals surface area contributed by atoms with Crippen LogP contribution in [0.3, 0.4) is 0 Å². The third-order valence-corrected chi connectivity index (χ3v) is 4.45. The minimum atomic E-state index is -0.454. The molecule has 3 rings (SSSR count). The number of amides is 1. The second-order valence-corrected chi connectivity index (χ2v) is 7.84. The van der Waals surface area contributed by atoms with Crippen molar-refractivity contribution in [2.75, 3.05) is 19.6 Å². The molecule has 1 saturated heterocycles. The number of carbonyl (C=O) groups is 1. The van der Waals surface area contributed by atoms with E-state index < -0.39 is 5.60 Å². The van der Waals surface area contributed by atoms with E-state index in [9.17, 15) is 4.79 Å². The average molecular weight is 352 g/mol. The first kappa shape index (κ1) is 18.5. The molecule has 1 atom stereocenters. The van der Waals surface area contributed by atoms with E-state index in [0.717, 1.165) is 13.0 Å². The molecule has 0 unspecified atom stereocenters. The van der Waals surface area contributed by atoms with E-state index in [1.165, 1.54) is 16.7 Å². The summed E-state index contributed by atoms with van der Waals surface area (Å²) in [6.45, 7) is 7.87. The Labute approximate surface area is 156 Å². The molecular formula is C22H28N2O2. The van der Waals surface area contributed by atoms with Gasteiger partial charge in [0, 0.05) is 25.7 Å². The molecule has 4 nitrogen and oxygen atoms in total. The first-order valence-electron chi connectivity index (χ1n) is 9.26. The molecule has 2 aromatic rings. The normalized spacial score (nSPS) is 17.8.